The summed E-state index contributed by atoms with van der Waals surface area (Å²) >= 11 is 0. The zero-order valence-electron chi connectivity index (χ0n) is 9.47. The molecule has 6 heteroatoms. The van der Waals surface area contributed by atoms with Gasteiger partial charge in [-0.3, -0.25) is 14.9 Å². The van der Waals surface area contributed by atoms with Crippen LogP contribution in [0.2, 0.25) is 0 Å². The first-order valence-corrected chi connectivity index (χ1v) is 5.00. The molecule has 0 saturated carbocycles. The first kappa shape index (κ1) is 13.1. The van der Waals surface area contributed by atoms with Gasteiger partial charge in [0.2, 0.25) is 5.75 Å². The molecule has 1 unspecified atom stereocenters. The third-order valence-corrected chi connectivity index (χ3v) is 2.04. The molecular formula is C11H12FNO4. The third kappa shape index (κ3) is 3.51. The van der Waals surface area contributed by atoms with Crippen LogP contribution in [0.1, 0.15) is 20.3 Å². The normalized spacial score (nSPS) is 11.9. The molecule has 0 fully saturated rings. The van der Waals surface area contributed by atoms with Gasteiger partial charge in [0.25, 0.3) is 0 Å². The third-order valence-electron chi connectivity index (χ3n) is 2.04. The number of rotatable bonds is 5. The largest absolute Gasteiger partial charge is 0.481 e. The smallest absolute Gasteiger partial charge is 0.314 e. The van der Waals surface area contributed by atoms with E-state index >= 15 is 0 Å². The first-order valence-electron chi connectivity index (χ1n) is 5.00. The van der Waals surface area contributed by atoms with E-state index in [0.29, 0.717) is 0 Å². The van der Waals surface area contributed by atoms with Gasteiger partial charge in [-0.2, -0.15) is 0 Å². The van der Waals surface area contributed by atoms with Crippen LogP contribution in [0.15, 0.2) is 18.2 Å². The number of nitro benzene ring substituents is 1. The van der Waals surface area contributed by atoms with Crippen LogP contribution in [-0.4, -0.2) is 16.8 Å². The van der Waals surface area contributed by atoms with E-state index in [9.17, 15) is 19.3 Å². The van der Waals surface area contributed by atoms with Crippen molar-refractivity contribution < 1.29 is 18.8 Å². The van der Waals surface area contributed by atoms with E-state index < -0.39 is 28.3 Å². The highest BCUT2D eigenvalue weighted by molar-refractivity contribution is 5.76. The van der Waals surface area contributed by atoms with Crippen molar-refractivity contribution in [1.29, 1.82) is 0 Å². The van der Waals surface area contributed by atoms with Crippen LogP contribution in [0.3, 0.4) is 0 Å². The predicted molar refractivity (Wildman–Crippen MR) is 58.4 cm³/mol. The number of para-hydroxylation sites is 1. The Kier molecular flexibility index (Phi) is 4.14. The van der Waals surface area contributed by atoms with Gasteiger partial charge < -0.3 is 4.74 Å². The lowest BCUT2D eigenvalue weighted by Gasteiger charge is -2.13. The maximum absolute atomic E-state index is 13.4. The van der Waals surface area contributed by atoms with Crippen LogP contribution < -0.4 is 4.74 Å². The van der Waals surface area contributed by atoms with Crippen molar-refractivity contribution in [3.05, 3.63) is 34.1 Å². The van der Waals surface area contributed by atoms with Gasteiger partial charge in [-0.25, -0.2) is 4.39 Å². The van der Waals surface area contributed by atoms with Gasteiger partial charge in [0.05, 0.1) is 4.92 Å². The molecule has 0 aliphatic carbocycles. The molecule has 0 aromatic heterocycles. The fourth-order valence-electron chi connectivity index (χ4n) is 1.41. The summed E-state index contributed by atoms with van der Waals surface area (Å²) in [7, 11) is 0. The molecule has 1 atom stereocenters. The highest BCUT2D eigenvalue weighted by Crippen LogP contribution is 2.30. The summed E-state index contributed by atoms with van der Waals surface area (Å²) in [6.45, 7) is 2.92. The molecule has 0 heterocycles. The zero-order chi connectivity index (χ0) is 13.0. The maximum Gasteiger partial charge on any atom is 0.314 e. The standard InChI is InChI=1S/C11H12FNO4/c1-7(14)6-8(2)17-11-9(12)4-3-5-10(11)13(15)16/h3-5,8H,6H2,1-2H3. The number of halogens is 1. The highest BCUT2D eigenvalue weighted by atomic mass is 19.1. The Bertz CT molecular complexity index is 447. The topological polar surface area (TPSA) is 69.4 Å². The number of ether oxygens (including phenoxy) is 1. The van der Waals surface area contributed by atoms with Crippen molar-refractivity contribution in [2.24, 2.45) is 0 Å². The quantitative estimate of drug-likeness (QED) is 0.586. The van der Waals surface area contributed by atoms with Gasteiger partial charge >= 0.3 is 5.69 Å². The summed E-state index contributed by atoms with van der Waals surface area (Å²) in [6, 6.07) is 3.46. The Morgan fingerprint density at radius 3 is 2.76 bits per heavy atom. The molecule has 0 bridgehead atoms. The number of hydrogen-bond acceptors (Lipinski definition) is 4. The van der Waals surface area contributed by atoms with Crippen LogP contribution in [0, 0.1) is 15.9 Å². The second-order valence-corrected chi connectivity index (χ2v) is 3.68. The summed E-state index contributed by atoms with van der Waals surface area (Å²) < 4.78 is 18.5. The van der Waals surface area contributed by atoms with Gasteiger partial charge in [0, 0.05) is 12.5 Å². The summed E-state index contributed by atoms with van der Waals surface area (Å²) in [6.07, 6.45) is -0.533. The number of carbonyl (C=O) groups is 1. The Hall–Kier alpha value is -1.98. The lowest BCUT2D eigenvalue weighted by atomic mass is 10.2. The molecule has 0 radical (unpaired) electrons. The van der Waals surface area contributed by atoms with E-state index in [2.05, 4.69) is 0 Å². The lowest BCUT2D eigenvalue weighted by Crippen LogP contribution is -2.16. The van der Waals surface area contributed by atoms with Gasteiger partial charge in [-0.1, -0.05) is 6.07 Å². The summed E-state index contributed by atoms with van der Waals surface area (Å²) in [5, 5.41) is 10.7. The second kappa shape index (κ2) is 5.38. The maximum atomic E-state index is 13.4. The zero-order valence-corrected chi connectivity index (χ0v) is 9.47. The number of nitro groups is 1. The van der Waals surface area contributed by atoms with E-state index in [-0.39, 0.29) is 12.2 Å². The van der Waals surface area contributed by atoms with Crippen LogP contribution in [0.4, 0.5) is 10.1 Å². The Labute approximate surface area is 97.3 Å². The van der Waals surface area contributed by atoms with Crippen molar-refractivity contribution in [1.82, 2.24) is 0 Å². The molecule has 0 saturated heterocycles. The number of nitrogens with zero attached hydrogens (tertiary/aromatic N) is 1. The molecule has 0 aliphatic heterocycles. The minimum absolute atomic E-state index is 0.0749. The summed E-state index contributed by atoms with van der Waals surface area (Å²) in [5.74, 6) is -1.36. The fourth-order valence-corrected chi connectivity index (χ4v) is 1.41. The van der Waals surface area contributed by atoms with Crippen molar-refractivity contribution in [2.75, 3.05) is 0 Å². The highest BCUT2D eigenvalue weighted by Gasteiger charge is 2.21. The first-order chi connectivity index (χ1) is 7.91. The fraction of sp³-hybridized carbons (Fsp3) is 0.364. The molecule has 1 aromatic carbocycles. The second-order valence-electron chi connectivity index (χ2n) is 3.68. The number of ketones is 1. The van der Waals surface area contributed by atoms with Crippen molar-refractivity contribution in [3.63, 3.8) is 0 Å². The molecule has 1 aromatic rings. The van der Waals surface area contributed by atoms with Crippen LogP contribution in [-0.2, 0) is 4.79 Å². The molecule has 0 amide bonds. The molecule has 17 heavy (non-hydrogen) atoms. The lowest BCUT2D eigenvalue weighted by molar-refractivity contribution is -0.386. The number of Topliss-reactive ketones (excluding diaryl/α,β-unsaturated/α-hetero) is 1. The van der Waals surface area contributed by atoms with E-state index in [4.69, 9.17) is 4.74 Å². The Morgan fingerprint density at radius 2 is 2.24 bits per heavy atom. The average Bonchev–Trinajstić information content (AvgIpc) is 2.19. The van der Waals surface area contributed by atoms with Crippen molar-refractivity contribution in [3.8, 4) is 5.75 Å². The predicted octanol–water partition coefficient (Wildman–Crippen LogP) is 2.48. The Morgan fingerprint density at radius 1 is 1.59 bits per heavy atom. The van der Waals surface area contributed by atoms with Gasteiger partial charge in [0.1, 0.15) is 11.9 Å². The van der Waals surface area contributed by atoms with Crippen LogP contribution in [0.25, 0.3) is 0 Å². The number of benzene rings is 1. The molecule has 0 spiro atoms. The van der Waals surface area contributed by atoms with Gasteiger partial charge in [-0.15, -0.1) is 0 Å². The van der Waals surface area contributed by atoms with E-state index in [1.165, 1.54) is 13.0 Å². The SMILES string of the molecule is CC(=O)CC(C)Oc1c(F)cccc1[N+](=O)[O-]. The van der Waals surface area contributed by atoms with Crippen molar-refractivity contribution in [2.45, 2.75) is 26.4 Å². The molecule has 5 nitrogen and oxygen atoms in total. The minimum atomic E-state index is -0.811. The summed E-state index contributed by atoms with van der Waals surface area (Å²) in [5.41, 5.74) is -0.444. The van der Waals surface area contributed by atoms with Crippen LogP contribution in [0.5, 0.6) is 5.75 Å². The van der Waals surface area contributed by atoms with Gasteiger partial charge in [0.15, 0.2) is 5.82 Å². The molecular weight excluding hydrogens is 229 g/mol. The minimum Gasteiger partial charge on any atom is -0.481 e. The monoisotopic (exact) mass is 241 g/mol. The number of carbonyl (C=O) groups excluding carboxylic acids is 1. The van der Waals surface area contributed by atoms with E-state index in [0.717, 1.165) is 12.1 Å². The summed E-state index contributed by atoms with van der Waals surface area (Å²) in [4.78, 5) is 20.8. The van der Waals surface area contributed by atoms with E-state index in [1.54, 1.807) is 6.92 Å². The van der Waals surface area contributed by atoms with E-state index in [1.807, 2.05) is 0 Å². The molecule has 0 aliphatic rings. The van der Waals surface area contributed by atoms with Crippen LogP contribution >= 0.6 is 0 Å². The number of hydrogen-bond donors (Lipinski definition) is 0. The average molecular weight is 241 g/mol. The van der Waals surface area contributed by atoms with Gasteiger partial charge in [-0.05, 0) is 19.9 Å². The molecule has 1 rings (SSSR count). The molecule has 92 valence electrons. The molecule has 0 N–H and O–H groups in total. The Balaban J connectivity index is 2.96. The van der Waals surface area contributed by atoms with Crippen molar-refractivity contribution >= 4 is 11.5 Å².